The third kappa shape index (κ3) is 5.36. The van der Waals surface area contributed by atoms with Crippen LogP contribution in [0.4, 0.5) is 0 Å². The molecule has 0 saturated carbocycles. The van der Waals surface area contributed by atoms with Crippen LogP contribution in [0.25, 0.3) is 0 Å². The SMILES string of the molecule is C=C(C)/C=C(/C)C=C(C)C. The topological polar surface area (TPSA) is 0 Å². The van der Waals surface area contributed by atoms with E-state index in [2.05, 4.69) is 39.5 Å². The van der Waals surface area contributed by atoms with Crippen LogP contribution in [0.5, 0.6) is 0 Å². The van der Waals surface area contributed by atoms with Gasteiger partial charge in [-0.1, -0.05) is 35.5 Å². The van der Waals surface area contributed by atoms with Crippen LogP contribution in [0.2, 0.25) is 0 Å². The second kappa shape index (κ2) is 4.10. The Bertz CT molecular complexity index is 176. The maximum Gasteiger partial charge on any atom is -0.0398 e. The molecule has 10 heavy (non-hydrogen) atoms. The predicted octanol–water partition coefficient (Wildman–Crippen LogP) is 3.48. The maximum absolute atomic E-state index is 3.80. The first-order valence-electron chi connectivity index (χ1n) is 3.51. The van der Waals surface area contributed by atoms with Gasteiger partial charge in [-0.25, -0.2) is 0 Å². The average molecular weight is 136 g/mol. The summed E-state index contributed by atoms with van der Waals surface area (Å²) < 4.78 is 0. The average Bonchev–Trinajstić information content (AvgIpc) is 1.58. The Morgan fingerprint density at radius 3 is 1.80 bits per heavy atom. The molecule has 0 nitrogen and oxygen atoms in total. The van der Waals surface area contributed by atoms with E-state index in [9.17, 15) is 0 Å². The highest BCUT2D eigenvalue weighted by Crippen LogP contribution is 2.03. The van der Waals surface area contributed by atoms with Gasteiger partial charge in [-0.2, -0.15) is 0 Å². The normalized spacial score (nSPS) is 11.0. The zero-order valence-electron chi connectivity index (χ0n) is 7.36. The van der Waals surface area contributed by atoms with Crippen molar-refractivity contribution in [2.24, 2.45) is 0 Å². The van der Waals surface area contributed by atoms with E-state index in [4.69, 9.17) is 0 Å². The molecular weight excluding hydrogens is 120 g/mol. The van der Waals surface area contributed by atoms with Crippen LogP contribution in [-0.2, 0) is 0 Å². The lowest BCUT2D eigenvalue weighted by atomic mass is 10.1. The Hall–Kier alpha value is -0.780. The van der Waals surface area contributed by atoms with Gasteiger partial charge in [0.2, 0.25) is 0 Å². The molecular formula is C10H16. The quantitative estimate of drug-likeness (QED) is 0.510. The first kappa shape index (κ1) is 9.22. The monoisotopic (exact) mass is 136 g/mol. The molecule has 0 spiro atoms. The van der Waals surface area contributed by atoms with Crippen molar-refractivity contribution in [3.05, 3.63) is 35.5 Å². The molecule has 0 fully saturated rings. The van der Waals surface area contributed by atoms with E-state index in [1.54, 1.807) is 0 Å². The number of allylic oxidation sites excluding steroid dienone is 5. The summed E-state index contributed by atoms with van der Waals surface area (Å²) in [5, 5.41) is 0. The van der Waals surface area contributed by atoms with Crippen LogP contribution in [0.1, 0.15) is 27.7 Å². The molecule has 0 heteroatoms. The van der Waals surface area contributed by atoms with Gasteiger partial charge >= 0.3 is 0 Å². The summed E-state index contributed by atoms with van der Waals surface area (Å²) in [4.78, 5) is 0. The first-order valence-corrected chi connectivity index (χ1v) is 3.51. The van der Waals surface area contributed by atoms with Gasteiger partial charge in [-0.05, 0) is 27.7 Å². The molecule has 0 atom stereocenters. The van der Waals surface area contributed by atoms with Crippen LogP contribution in [0.3, 0.4) is 0 Å². The minimum atomic E-state index is 1.11. The summed E-state index contributed by atoms with van der Waals surface area (Å²) in [6.07, 6.45) is 4.22. The Labute approximate surface area is 64.0 Å². The lowest BCUT2D eigenvalue weighted by Gasteiger charge is -1.93. The van der Waals surface area contributed by atoms with E-state index in [0.29, 0.717) is 0 Å². The summed E-state index contributed by atoms with van der Waals surface area (Å²) in [6.45, 7) is 12.1. The summed E-state index contributed by atoms with van der Waals surface area (Å²) in [5.41, 5.74) is 3.71. The molecule has 0 N–H and O–H groups in total. The van der Waals surface area contributed by atoms with Gasteiger partial charge in [0, 0.05) is 0 Å². The Morgan fingerprint density at radius 1 is 1.00 bits per heavy atom. The minimum absolute atomic E-state index is 1.11. The molecule has 0 aromatic heterocycles. The second-order valence-electron chi connectivity index (χ2n) is 2.96. The smallest absolute Gasteiger partial charge is 0.0398 e. The maximum atomic E-state index is 3.80. The van der Waals surface area contributed by atoms with E-state index in [0.717, 1.165) is 5.57 Å². The van der Waals surface area contributed by atoms with Crippen LogP contribution in [-0.4, -0.2) is 0 Å². The number of rotatable bonds is 2. The van der Waals surface area contributed by atoms with Crippen LogP contribution in [0.15, 0.2) is 35.5 Å². The van der Waals surface area contributed by atoms with E-state index >= 15 is 0 Å². The van der Waals surface area contributed by atoms with E-state index in [-0.39, 0.29) is 0 Å². The number of hydrogen-bond donors (Lipinski definition) is 0. The van der Waals surface area contributed by atoms with Crippen LogP contribution >= 0.6 is 0 Å². The molecule has 0 aliphatic carbocycles. The highest BCUT2D eigenvalue weighted by molar-refractivity contribution is 5.27. The van der Waals surface area contributed by atoms with Crippen molar-refractivity contribution >= 4 is 0 Å². The molecule has 0 amide bonds. The summed E-state index contributed by atoms with van der Waals surface area (Å²) in [7, 11) is 0. The molecule has 0 aromatic rings. The van der Waals surface area contributed by atoms with Crippen molar-refractivity contribution in [1.82, 2.24) is 0 Å². The molecule has 0 aliphatic rings. The fourth-order valence-corrected chi connectivity index (χ4v) is 0.886. The summed E-state index contributed by atoms with van der Waals surface area (Å²) in [6, 6.07) is 0. The van der Waals surface area contributed by atoms with Gasteiger partial charge in [-0.3, -0.25) is 0 Å². The van der Waals surface area contributed by atoms with Gasteiger partial charge in [-0.15, -0.1) is 0 Å². The molecule has 0 aliphatic heterocycles. The Morgan fingerprint density at radius 2 is 1.50 bits per heavy atom. The van der Waals surface area contributed by atoms with Gasteiger partial charge < -0.3 is 0 Å². The molecule has 0 unspecified atom stereocenters. The van der Waals surface area contributed by atoms with Crippen molar-refractivity contribution in [3.8, 4) is 0 Å². The zero-order valence-corrected chi connectivity index (χ0v) is 7.36. The lowest BCUT2D eigenvalue weighted by molar-refractivity contribution is 1.34. The van der Waals surface area contributed by atoms with Crippen molar-refractivity contribution in [2.75, 3.05) is 0 Å². The third-order valence-electron chi connectivity index (χ3n) is 0.990. The lowest BCUT2D eigenvalue weighted by Crippen LogP contribution is -1.72. The van der Waals surface area contributed by atoms with Crippen LogP contribution < -0.4 is 0 Å². The second-order valence-corrected chi connectivity index (χ2v) is 2.96. The molecule has 0 bridgehead atoms. The van der Waals surface area contributed by atoms with E-state index in [1.807, 2.05) is 6.92 Å². The first-order chi connectivity index (χ1) is 4.52. The van der Waals surface area contributed by atoms with Gasteiger partial charge in [0.25, 0.3) is 0 Å². The molecule has 0 heterocycles. The van der Waals surface area contributed by atoms with Gasteiger partial charge in [0.05, 0.1) is 0 Å². The minimum Gasteiger partial charge on any atom is -0.0961 e. The standard InChI is InChI=1S/C10H16/c1-8(2)6-10(5)7-9(3)4/h6-7H,1H2,2-5H3/b10-6-. The molecule has 0 aromatic carbocycles. The molecule has 0 saturated heterocycles. The zero-order chi connectivity index (χ0) is 8.15. The summed E-state index contributed by atoms with van der Waals surface area (Å²) >= 11 is 0. The molecule has 0 rings (SSSR count). The van der Waals surface area contributed by atoms with E-state index < -0.39 is 0 Å². The van der Waals surface area contributed by atoms with Crippen molar-refractivity contribution in [2.45, 2.75) is 27.7 Å². The third-order valence-corrected chi connectivity index (χ3v) is 0.990. The van der Waals surface area contributed by atoms with Gasteiger partial charge in [0.15, 0.2) is 0 Å². The van der Waals surface area contributed by atoms with Crippen molar-refractivity contribution in [1.29, 1.82) is 0 Å². The molecule has 56 valence electrons. The summed E-state index contributed by atoms with van der Waals surface area (Å²) in [5.74, 6) is 0. The fourth-order valence-electron chi connectivity index (χ4n) is 0.886. The van der Waals surface area contributed by atoms with Crippen LogP contribution in [0, 0.1) is 0 Å². The highest BCUT2D eigenvalue weighted by atomic mass is 13.9. The molecule has 0 radical (unpaired) electrons. The van der Waals surface area contributed by atoms with E-state index in [1.165, 1.54) is 11.1 Å². The van der Waals surface area contributed by atoms with Crippen molar-refractivity contribution in [3.63, 3.8) is 0 Å². The number of hydrogen-bond acceptors (Lipinski definition) is 0. The fraction of sp³-hybridized carbons (Fsp3) is 0.400. The highest BCUT2D eigenvalue weighted by Gasteiger charge is 1.82. The Kier molecular flexibility index (Phi) is 3.78. The van der Waals surface area contributed by atoms with Gasteiger partial charge in [0.1, 0.15) is 0 Å². The predicted molar refractivity (Wildman–Crippen MR) is 48.0 cm³/mol. The Balaban J connectivity index is 4.22. The largest absolute Gasteiger partial charge is 0.0961 e. The van der Waals surface area contributed by atoms with Crippen molar-refractivity contribution < 1.29 is 0 Å².